The third-order valence-electron chi connectivity index (χ3n) is 2.95. The minimum Gasteiger partial charge on any atom is -0.507 e. The number of nitrogens with zero attached hydrogens (tertiary/aromatic N) is 1. The first-order valence-electron chi connectivity index (χ1n) is 5.85. The highest BCUT2D eigenvalue weighted by molar-refractivity contribution is 7.21. The van der Waals surface area contributed by atoms with Gasteiger partial charge in [-0.15, -0.1) is 11.3 Å². The van der Waals surface area contributed by atoms with Crippen molar-refractivity contribution in [3.63, 3.8) is 0 Å². The lowest BCUT2D eigenvalue weighted by Gasteiger charge is -2.04. The molecule has 0 aliphatic carbocycles. The summed E-state index contributed by atoms with van der Waals surface area (Å²) in [5.41, 5.74) is -0.493. The van der Waals surface area contributed by atoms with Gasteiger partial charge in [0.25, 0.3) is 0 Å². The molecule has 3 aromatic rings. The summed E-state index contributed by atoms with van der Waals surface area (Å²) in [6.07, 6.45) is -4.44. The van der Waals surface area contributed by atoms with Crippen LogP contribution in [0.4, 0.5) is 13.2 Å². The van der Waals surface area contributed by atoms with E-state index in [1.54, 1.807) is 0 Å². The fourth-order valence-electron chi connectivity index (χ4n) is 1.96. The molecule has 108 valence electrons. The summed E-state index contributed by atoms with van der Waals surface area (Å²) < 4.78 is 38.6. The summed E-state index contributed by atoms with van der Waals surface area (Å²) in [6.45, 7) is 0. The van der Waals surface area contributed by atoms with E-state index in [-0.39, 0.29) is 27.6 Å². The zero-order valence-corrected chi connectivity index (χ0v) is 11.2. The first kappa shape index (κ1) is 13.7. The number of phenols is 2. The Kier molecular flexibility index (Phi) is 3.02. The van der Waals surface area contributed by atoms with Crippen LogP contribution in [0.2, 0.25) is 0 Å². The first-order valence-corrected chi connectivity index (χ1v) is 6.67. The second-order valence-corrected chi connectivity index (χ2v) is 5.40. The number of alkyl halides is 3. The monoisotopic (exact) mass is 311 g/mol. The van der Waals surface area contributed by atoms with E-state index >= 15 is 0 Å². The Morgan fingerprint density at radius 1 is 1.00 bits per heavy atom. The molecule has 1 heterocycles. The Bertz CT molecular complexity index is 806. The molecule has 2 N–H and O–H groups in total. The fourth-order valence-corrected chi connectivity index (χ4v) is 2.97. The average Bonchev–Trinajstić information content (AvgIpc) is 2.79. The quantitative estimate of drug-likeness (QED) is 0.700. The van der Waals surface area contributed by atoms with E-state index in [4.69, 9.17) is 0 Å². The van der Waals surface area contributed by atoms with Gasteiger partial charge in [0, 0.05) is 0 Å². The summed E-state index contributed by atoms with van der Waals surface area (Å²) in [5, 5.41) is 19.8. The molecule has 0 bridgehead atoms. The molecule has 0 spiro atoms. The number of halogens is 3. The highest BCUT2D eigenvalue weighted by atomic mass is 32.1. The highest BCUT2D eigenvalue weighted by Gasteiger charge is 2.31. The summed E-state index contributed by atoms with van der Waals surface area (Å²) in [5.74, 6) is -0.352. The van der Waals surface area contributed by atoms with E-state index in [2.05, 4.69) is 4.98 Å². The number of hydrogen-bond donors (Lipinski definition) is 2. The number of thiazole rings is 1. The van der Waals surface area contributed by atoms with E-state index in [0.29, 0.717) is 4.70 Å². The Morgan fingerprint density at radius 2 is 1.67 bits per heavy atom. The molecule has 1 aromatic heterocycles. The number of hydrogen-bond acceptors (Lipinski definition) is 4. The summed E-state index contributed by atoms with van der Waals surface area (Å²) >= 11 is 1.10. The van der Waals surface area contributed by atoms with Gasteiger partial charge in [-0.05, 0) is 30.3 Å². The molecule has 7 heteroatoms. The maximum Gasteiger partial charge on any atom is 0.416 e. The third-order valence-corrected chi connectivity index (χ3v) is 4.00. The summed E-state index contributed by atoms with van der Waals surface area (Å²) in [6, 6.07) is 7.48. The van der Waals surface area contributed by atoms with Crippen molar-refractivity contribution in [1.82, 2.24) is 4.98 Å². The number of phenolic OH excluding ortho intramolecular Hbond substituents is 2. The Hall–Kier alpha value is -2.28. The van der Waals surface area contributed by atoms with Crippen molar-refractivity contribution in [3.8, 4) is 22.1 Å². The van der Waals surface area contributed by atoms with Crippen molar-refractivity contribution in [1.29, 1.82) is 0 Å². The lowest BCUT2D eigenvalue weighted by molar-refractivity contribution is -0.137. The molecule has 0 aliphatic heterocycles. The summed E-state index contributed by atoms with van der Waals surface area (Å²) in [7, 11) is 0. The summed E-state index contributed by atoms with van der Waals surface area (Å²) in [4.78, 5) is 4.08. The molecule has 21 heavy (non-hydrogen) atoms. The molecule has 0 amide bonds. The van der Waals surface area contributed by atoms with Crippen LogP contribution in [0.3, 0.4) is 0 Å². The SMILES string of the molecule is Oc1cccc(O)c1-c1nc2cc(C(F)(F)F)ccc2s1. The van der Waals surface area contributed by atoms with Gasteiger partial charge in [-0.3, -0.25) is 0 Å². The van der Waals surface area contributed by atoms with Crippen LogP contribution < -0.4 is 0 Å². The van der Waals surface area contributed by atoms with Crippen molar-refractivity contribution < 1.29 is 23.4 Å². The van der Waals surface area contributed by atoms with Crippen LogP contribution in [0, 0.1) is 0 Å². The lowest BCUT2D eigenvalue weighted by Crippen LogP contribution is -2.03. The average molecular weight is 311 g/mol. The molecule has 2 aromatic carbocycles. The molecule has 3 rings (SSSR count). The number of rotatable bonds is 1. The van der Waals surface area contributed by atoms with E-state index < -0.39 is 11.7 Å². The van der Waals surface area contributed by atoms with Gasteiger partial charge in [-0.1, -0.05) is 6.07 Å². The molecule has 3 nitrogen and oxygen atoms in total. The minimum absolute atomic E-state index is 0.118. The van der Waals surface area contributed by atoms with E-state index in [1.165, 1.54) is 24.3 Å². The van der Waals surface area contributed by atoms with Gasteiger partial charge in [0.15, 0.2) is 0 Å². The second-order valence-electron chi connectivity index (χ2n) is 4.37. The van der Waals surface area contributed by atoms with Crippen LogP contribution in [0.15, 0.2) is 36.4 Å². The fraction of sp³-hybridized carbons (Fsp3) is 0.0714. The molecule has 0 aliphatic rings. The largest absolute Gasteiger partial charge is 0.507 e. The van der Waals surface area contributed by atoms with Crippen LogP contribution in [-0.2, 0) is 6.18 Å². The first-order chi connectivity index (χ1) is 9.86. The van der Waals surface area contributed by atoms with Gasteiger partial charge in [0.2, 0.25) is 0 Å². The van der Waals surface area contributed by atoms with Crippen LogP contribution >= 0.6 is 11.3 Å². The molecule has 0 atom stereocenters. The zero-order chi connectivity index (χ0) is 15.2. The molecule has 0 fully saturated rings. The van der Waals surface area contributed by atoms with Gasteiger partial charge in [0.1, 0.15) is 16.5 Å². The molecule has 0 saturated carbocycles. The van der Waals surface area contributed by atoms with Crippen molar-refractivity contribution in [3.05, 3.63) is 42.0 Å². The number of benzene rings is 2. The molecule has 0 radical (unpaired) electrons. The number of fused-ring (bicyclic) bond motifs is 1. The van der Waals surface area contributed by atoms with Gasteiger partial charge in [-0.25, -0.2) is 4.98 Å². The van der Waals surface area contributed by atoms with Crippen molar-refractivity contribution in [2.75, 3.05) is 0 Å². The number of aromatic hydroxyl groups is 2. The molecule has 0 saturated heterocycles. The van der Waals surface area contributed by atoms with E-state index in [0.717, 1.165) is 23.5 Å². The number of aromatic nitrogens is 1. The van der Waals surface area contributed by atoms with Gasteiger partial charge in [0.05, 0.1) is 21.3 Å². The maximum atomic E-state index is 12.7. The topological polar surface area (TPSA) is 53.4 Å². The maximum absolute atomic E-state index is 12.7. The predicted octanol–water partition coefficient (Wildman–Crippen LogP) is 4.39. The van der Waals surface area contributed by atoms with Crippen LogP contribution in [-0.4, -0.2) is 15.2 Å². The predicted molar refractivity (Wildman–Crippen MR) is 73.4 cm³/mol. The lowest BCUT2D eigenvalue weighted by atomic mass is 10.2. The zero-order valence-electron chi connectivity index (χ0n) is 10.3. The van der Waals surface area contributed by atoms with Crippen LogP contribution in [0.5, 0.6) is 11.5 Å². The van der Waals surface area contributed by atoms with Crippen molar-refractivity contribution in [2.45, 2.75) is 6.18 Å². The van der Waals surface area contributed by atoms with Crippen LogP contribution in [0.25, 0.3) is 20.8 Å². The third kappa shape index (κ3) is 2.40. The van der Waals surface area contributed by atoms with E-state index in [1.807, 2.05) is 0 Å². The normalized spacial score (nSPS) is 12.0. The minimum atomic E-state index is -4.44. The van der Waals surface area contributed by atoms with Crippen molar-refractivity contribution in [2.24, 2.45) is 0 Å². The molecule has 0 unspecified atom stereocenters. The van der Waals surface area contributed by atoms with Crippen molar-refractivity contribution >= 4 is 21.6 Å². The Balaban J connectivity index is 2.18. The van der Waals surface area contributed by atoms with Gasteiger partial charge in [-0.2, -0.15) is 13.2 Å². The van der Waals surface area contributed by atoms with Gasteiger partial charge >= 0.3 is 6.18 Å². The smallest absolute Gasteiger partial charge is 0.416 e. The molecular formula is C14H8F3NO2S. The Morgan fingerprint density at radius 3 is 2.29 bits per heavy atom. The van der Waals surface area contributed by atoms with Crippen LogP contribution in [0.1, 0.15) is 5.56 Å². The molecular weight excluding hydrogens is 303 g/mol. The standard InChI is InChI=1S/C14H8F3NO2S/c15-14(16,17)7-4-5-11-8(6-7)18-13(21-11)12-9(19)2-1-3-10(12)20/h1-6,19-20H. The highest BCUT2D eigenvalue weighted by Crippen LogP contribution is 2.41. The second kappa shape index (κ2) is 4.63. The van der Waals surface area contributed by atoms with E-state index in [9.17, 15) is 23.4 Å². The Labute approximate surface area is 120 Å². The van der Waals surface area contributed by atoms with Gasteiger partial charge < -0.3 is 10.2 Å².